The van der Waals surface area contributed by atoms with Crippen molar-refractivity contribution in [2.75, 3.05) is 24.2 Å². The molecule has 0 aliphatic rings. The fraction of sp³-hybridized carbons (Fsp3) is 0.462. The quantitative estimate of drug-likeness (QED) is 0.523. The molecule has 34 heavy (non-hydrogen) atoms. The molecule has 1 unspecified atom stereocenters. The predicted octanol–water partition coefficient (Wildman–Crippen LogP) is 3.71. The third-order valence-electron chi connectivity index (χ3n) is 6.02. The number of carbonyl (C=O) groups excluding carboxylic acids is 2. The second-order valence-electron chi connectivity index (χ2n) is 8.72. The van der Waals surface area contributed by atoms with Crippen LogP contribution in [0.1, 0.15) is 48.4 Å². The lowest BCUT2D eigenvalue weighted by Gasteiger charge is -2.31. The SMILES string of the molecule is CCC(C(=O)NC)N(Cc1ccccc1C)C(=O)CCCN(c1cc(C)ccc1C)S(C)(=O)=O. The van der Waals surface area contributed by atoms with Crippen LogP contribution in [0.3, 0.4) is 0 Å². The Kier molecular flexibility index (Phi) is 9.67. The van der Waals surface area contributed by atoms with Crippen LogP contribution in [0.15, 0.2) is 42.5 Å². The van der Waals surface area contributed by atoms with Crippen LogP contribution in [0.5, 0.6) is 0 Å². The van der Waals surface area contributed by atoms with Crippen molar-refractivity contribution in [1.82, 2.24) is 10.2 Å². The van der Waals surface area contributed by atoms with E-state index in [4.69, 9.17) is 0 Å². The number of anilines is 1. The molecule has 2 aromatic rings. The number of hydrogen-bond acceptors (Lipinski definition) is 4. The lowest BCUT2D eigenvalue weighted by Crippen LogP contribution is -2.48. The number of hydrogen-bond donors (Lipinski definition) is 1. The molecule has 0 saturated carbocycles. The average Bonchev–Trinajstić information content (AvgIpc) is 2.78. The molecule has 0 saturated heterocycles. The van der Waals surface area contributed by atoms with Gasteiger partial charge in [0.15, 0.2) is 0 Å². The summed E-state index contributed by atoms with van der Waals surface area (Å²) >= 11 is 0. The summed E-state index contributed by atoms with van der Waals surface area (Å²) in [5.41, 5.74) is 4.47. The van der Waals surface area contributed by atoms with Crippen molar-refractivity contribution in [2.24, 2.45) is 0 Å². The van der Waals surface area contributed by atoms with Crippen LogP contribution in [0.4, 0.5) is 5.69 Å². The van der Waals surface area contributed by atoms with E-state index < -0.39 is 16.1 Å². The first-order valence-electron chi connectivity index (χ1n) is 11.6. The number of benzene rings is 2. The highest BCUT2D eigenvalue weighted by atomic mass is 32.2. The van der Waals surface area contributed by atoms with E-state index in [1.807, 2.05) is 70.2 Å². The van der Waals surface area contributed by atoms with Crippen LogP contribution in [0.25, 0.3) is 0 Å². The summed E-state index contributed by atoms with van der Waals surface area (Å²) in [7, 11) is -1.96. The molecule has 0 aromatic heterocycles. The molecule has 0 fully saturated rings. The lowest BCUT2D eigenvalue weighted by atomic mass is 10.1. The Balaban J connectivity index is 2.24. The van der Waals surface area contributed by atoms with Gasteiger partial charge in [0.05, 0.1) is 11.9 Å². The van der Waals surface area contributed by atoms with Gasteiger partial charge in [0.25, 0.3) is 0 Å². The molecule has 8 heteroatoms. The number of likely N-dealkylation sites (N-methyl/N-ethyl adjacent to an activating group) is 1. The topological polar surface area (TPSA) is 86.8 Å². The Morgan fingerprint density at radius 1 is 1.03 bits per heavy atom. The maximum atomic E-state index is 13.3. The van der Waals surface area contributed by atoms with Gasteiger partial charge in [-0.05, 0) is 61.9 Å². The number of amides is 2. The second-order valence-corrected chi connectivity index (χ2v) is 10.6. The highest BCUT2D eigenvalue weighted by Gasteiger charge is 2.28. The molecule has 1 N–H and O–H groups in total. The van der Waals surface area contributed by atoms with E-state index in [0.29, 0.717) is 25.1 Å². The largest absolute Gasteiger partial charge is 0.357 e. The minimum atomic E-state index is -3.52. The van der Waals surface area contributed by atoms with Crippen LogP contribution >= 0.6 is 0 Å². The molecular formula is C26H37N3O4S. The predicted molar refractivity (Wildman–Crippen MR) is 137 cm³/mol. The molecular weight excluding hydrogens is 450 g/mol. The third-order valence-corrected chi connectivity index (χ3v) is 7.20. The van der Waals surface area contributed by atoms with Gasteiger partial charge in [-0.25, -0.2) is 8.42 Å². The van der Waals surface area contributed by atoms with Crippen LogP contribution in [-0.4, -0.2) is 51.0 Å². The number of nitrogens with one attached hydrogen (secondary N) is 1. The zero-order valence-corrected chi connectivity index (χ0v) is 21.9. The number of aryl methyl sites for hydroxylation is 3. The fourth-order valence-electron chi connectivity index (χ4n) is 4.03. The first kappa shape index (κ1) is 27.4. The maximum Gasteiger partial charge on any atom is 0.242 e. The minimum absolute atomic E-state index is 0.135. The van der Waals surface area contributed by atoms with E-state index in [1.54, 1.807) is 11.9 Å². The summed E-state index contributed by atoms with van der Waals surface area (Å²) in [6.45, 7) is 8.16. The van der Waals surface area contributed by atoms with Gasteiger partial charge in [0.1, 0.15) is 6.04 Å². The van der Waals surface area contributed by atoms with Crippen molar-refractivity contribution < 1.29 is 18.0 Å². The van der Waals surface area contributed by atoms with Crippen molar-refractivity contribution in [3.8, 4) is 0 Å². The van der Waals surface area contributed by atoms with Gasteiger partial charge in [-0.1, -0.05) is 43.3 Å². The van der Waals surface area contributed by atoms with Gasteiger partial charge in [-0.2, -0.15) is 0 Å². The van der Waals surface area contributed by atoms with Crippen LogP contribution in [0, 0.1) is 20.8 Å². The Morgan fingerprint density at radius 2 is 1.71 bits per heavy atom. The van der Waals surface area contributed by atoms with E-state index in [9.17, 15) is 18.0 Å². The molecule has 1 atom stereocenters. The van der Waals surface area contributed by atoms with Crippen LogP contribution < -0.4 is 9.62 Å². The first-order chi connectivity index (χ1) is 16.0. The summed E-state index contributed by atoms with van der Waals surface area (Å²) < 4.78 is 26.5. The molecule has 0 heterocycles. The van der Waals surface area contributed by atoms with Crippen molar-refractivity contribution in [2.45, 2.75) is 59.5 Å². The first-order valence-corrected chi connectivity index (χ1v) is 13.4. The van der Waals surface area contributed by atoms with Crippen molar-refractivity contribution in [3.05, 3.63) is 64.7 Å². The zero-order valence-electron chi connectivity index (χ0n) is 21.1. The standard InChI is InChI=1S/C26H37N3O4S/c1-7-23(26(31)27-5)28(18-22-12-9-8-11-20(22)3)25(30)13-10-16-29(34(6,32)33)24-17-19(2)14-15-21(24)4/h8-9,11-12,14-15,17,23H,7,10,13,16,18H2,1-6H3,(H,27,31). The summed E-state index contributed by atoms with van der Waals surface area (Å²) in [5.74, 6) is -0.384. The number of carbonyl (C=O) groups is 2. The summed E-state index contributed by atoms with van der Waals surface area (Å²) in [5, 5.41) is 2.66. The van der Waals surface area contributed by atoms with Crippen molar-refractivity contribution in [3.63, 3.8) is 0 Å². The summed E-state index contributed by atoms with van der Waals surface area (Å²) in [6.07, 6.45) is 2.14. The minimum Gasteiger partial charge on any atom is -0.357 e. The van der Waals surface area contributed by atoms with E-state index >= 15 is 0 Å². The van der Waals surface area contributed by atoms with Crippen molar-refractivity contribution in [1.29, 1.82) is 0 Å². The molecule has 0 aliphatic heterocycles. The zero-order chi connectivity index (χ0) is 25.5. The fourth-order valence-corrected chi connectivity index (χ4v) is 5.04. The number of rotatable bonds is 11. The molecule has 2 aromatic carbocycles. The Bertz CT molecular complexity index is 1110. The highest BCUT2D eigenvalue weighted by molar-refractivity contribution is 7.92. The summed E-state index contributed by atoms with van der Waals surface area (Å²) in [4.78, 5) is 27.5. The van der Waals surface area contributed by atoms with Gasteiger partial charge in [-0.15, -0.1) is 0 Å². The van der Waals surface area contributed by atoms with E-state index in [-0.39, 0.29) is 24.8 Å². The van der Waals surface area contributed by atoms with Crippen LogP contribution in [0.2, 0.25) is 0 Å². The van der Waals surface area contributed by atoms with Gasteiger partial charge in [0.2, 0.25) is 21.8 Å². The molecule has 0 radical (unpaired) electrons. The molecule has 2 rings (SSSR count). The highest BCUT2D eigenvalue weighted by Crippen LogP contribution is 2.25. The second kappa shape index (κ2) is 12.0. The maximum absolute atomic E-state index is 13.3. The normalized spacial score (nSPS) is 12.2. The van der Waals surface area contributed by atoms with E-state index in [1.165, 1.54) is 10.6 Å². The van der Waals surface area contributed by atoms with Crippen LogP contribution in [-0.2, 0) is 26.2 Å². The molecule has 0 bridgehead atoms. The Hall–Kier alpha value is -2.87. The number of nitrogens with zero attached hydrogens (tertiary/aromatic N) is 2. The third kappa shape index (κ3) is 7.06. The molecule has 0 aliphatic carbocycles. The average molecular weight is 488 g/mol. The molecule has 7 nitrogen and oxygen atoms in total. The number of sulfonamides is 1. The monoisotopic (exact) mass is 487 g/mol. The van der Waals surface area contributed by atoms with Gasteiger partial charge < -0.3 is 10.2 Å². The molecule has 186 valence electrons. The summed E-state index contributed by atoms with van der Waals surface area (Å²) in [6, 6.07) is 12.9. The smallest absolute Gasteiger partial charge is 0.242 e. The van der Waals surface area contributed by atoms with Gasteiger partial charge >= 0.3 is 0 Å². The van der Waals surface area contributed by atoms with E-state index in [2.05, 4.69) is 5.32 Å². The molecule has 2 amide bonds. The van der Waals surface area contributed by atoms with E-state index in [0.717, 1.165) is 22.3 Å². The Morgan fingerprint density at radius 3 is 2.29 bits per heavy atom. The van der Waals surface area contributed by atoms with Gasteiger partial charge in [0, 0.05) is 26.6 Å². The Labute approximate surface area is 204 Å². The lowest BCUT2D eigenvalue weighted by molar-refractivity contribution is -0.141. The van der Waals surface area contributed by atoms with Crippen molar-refractivity contribution >= 4 is 27.5 Å². The molecule has 0 spiro atoms. The van der Waals surface area contributed by atoms with Gasteiger partial charge in [-0.3, -0.25) is 13.9 Å².